The highest BCUT2D eigenvalue weighted by atomic mass is 16.6. The van der Waals surface area contributed by atoms with Crippen molar-refractivity contribution in [2.75, 3.05) is 19.5 Å². The Kier molecular flexibility index (Phi) is 4.65. The molecular formula is C18H18N2O4. The van der Waals surface area contributed by atoms with Crippen LogP contribution in [0.4, 0.5) is 5.69 Å². The summed E-state index contributed by atoms with van der Waals surface area (Å²) in [5.74, 6) is 0.898. The number of benzene rings is 2. The standard InChI is InChI=1S/C18H18N2O4/c1-22-13-8-9-14(16(10-13)23-2)19-18(21)17-11-15(20-24-17)12-6-4-3-5-7-12/h3-10,17H,11H2,1-2H3,(H,19,21). The SMILES string of the molecule is COc1ccc(NC(=O)C2CC(c3ccccc3)=NO2)c(OC)c1. The van der Waals surface area contributed by atoms with E-state index < -0.39 is 6.10 Å². The number of hydrogen-bond acceptors (Lipinski definition) is 5. The monoisotopic (exact) mass is 326 g/mol. The minimum Gasteiger partial charge on any atom is -0.497 e. The van der Waals surface area contributed by atoms with Crippen LogP contribution in [-0.4, -0.2) is 31.9 Å². The highest BCUT2D eigenvalue weighted by Gasteiger charge is 2.29. The molecule has 124 valence electrons. The number of nitrogens with one attached hydrogen (secondary N) is 1. The summed E-state index contributed by atoms with van der Waals surface area (Å²) in [6.45, 7) is 0. The van der Waals surface area contributed by atoms with Crippen LogP contribution < -0.4 is 14.8 Å². The van der Waals surface area contributed by atoms with E-state index in [-0.39, 0.29) is 5.91 Å². The van der Waals surface area contributed by atoms with Crippen molar-refractivity contribution >= 4 is 17.3 Å². The maximum Gasteiger partial charge on any atom is 0.268 e. The van der Waals surface area contributed by atoms with Gasteiger partial charge in [-0.05, 0) is 17.7 Å². The Labute approximate surface area is 140 Å². The third kappa shape index (κ3) is 3.32. The van der Waals surface area contributed by atoms with Gasteiger partial charge in [0.25, 0.3) is 5.91 Å². The number of carbonyl (C=O) groups is 1. The number of rotatable bonds is 5. The van der Waals surface area contributed by atoms with Gasteiger partial charge in [0.2, 0.25) is 6.10 Å². The summed E-state index contributed by atoms with van der Waals surface area (Å²) in [5, 5.41) is 6.83. The molecule has 1 amide bonds. The lowest BCUT2D eigenvalue weighted by Gasteiger charge is -2.13. The second kappa shape index (κ2) is 7.04. The molecule has 1 N–H and O–H groups in total. The number of ether oxygens (including phenoxy) is 2. The summed E-state index contributed by atoms with van der Waals surface area (Å²) in [4.78, 5) is 17.7. The van der Waals surface area contributed by atoms with E-state index in [1.807, 2.05) is 30.3 Å². The number of hydrogen-bond donors (Lipinski definition) is 1. The average Bonchev–Trinajstić information content (AvgIpc) is 3.13. The Bertz CT molecular complexity index is 759. The van der Waals surface area contributed by atoms with Gasteiger partial charge in [-0.15, -0.1) is 0 Å². The summed E-state index contributed by atoms with van der Waals surface area (Å²) in [7, 11) is 3.11. The first-order chi connectivity index (χ1) is 11.7. The van der Waals surface area contributed by atoms with E-state index in [4.69, 9.17) is 14.3 Å². The van der Waals surface area contributed by atoms with E-state index in [0.717, 1.165) is 11.3 Å². The maximum absolute atomic E-state index is 12.4. The van der Waals surface area contributed by atoms with Crippen LogP contribution in [0.25, 0.3) is 0 Å². The smallest absolute Gasteiger partial charge is 0.268 e. The molecule has 0 saturated heterocycles. The van der Waals surface area contributed by atoms with Crippen LogP contribution in [0.3, 0.4) is 0 Å². The molecule has 0 bridgehead atoms. The Balaban J connectivity index is 1.67. The number of carbonyl (C=O) groups excluding carboxylic acids is 1. The average molecular weight is 326 g/mol. The second-order valence-electron chi connectivity index (χ2n) is 5.26. The zero-order chi connectivity index (χ0) is 16.9. The van der Waals surface area contributed by atoms with Crippen molar-refractivity contribution in [3.05, 3.63) is 54.1 Å². The first kappa shape index (κ1) is 15.9. The summed E-state index contributed by atoms with van der Waals surface area (Å²) >= 11 is 0. The molecular weight excluding hydrogens is 308 g/mol. The second-order valence-corrected chi connectivity index (χ2v) is 5.26. The fourth-order valence-corrected chi connectivity index (χ4v) is 2.43. The van der Waals surface area contributed by atoms with Crippen molar-refractivity contribution in [1.82, 2.24) is 0 Å². The van der Waals surface area contributed by atoms with Crippen LogP contribution in [-0.2, 0) is 9.63 Å². The highest BCUT2D eigenvalue weighted by Crippen LogP contribution is 2.29. The van der Waals surface area contributed by atoms with Gasteiger partial charge in [0.15, 0.2) is 0 Å². The van der Waals surface area contributed by atoms with E-state index in [0.29, 0.717) is 23.6 Å². The van der Waals surface area contributed by atoms with Crippen molar-refractivity contribution in [2.45, 2.75) is 12.5 Å². The van der Waals surface area contributed by atoms with Gasteiger partial charge in [0.05, 0.1) is 25.6 Å². The topological polar surface area (TPSA) is 69.2 Å². The molecule has 0 spiro atoms. The van der Waals surface area contributed by atoms with Crippen LogP contribution in [0.5, 0.6) is 11.5 Å². The maximum atomic E-state index is 12.4. The number of methoxy groups -OCH3 is 2. The van der Waals surface area contributed by atoms with Crippen LogP contribution in [0.15, 0.2) is 53.7 Å². The minimum absolute atomic E-state index is 0.270. The lowest BCUT2D eigenvalue weighted by Crippen LogP contribution is -2.28. The Morgan fingerprint density at radius 2 is 1.96 bits per heavy atom. The molecule has 1 aliphatic heterocycles. The fraction of sp³-hybridized carbons (Fsp3) is 0.222. The summed E-state index contributed by atoms with van der Waals surface area (Å²) in [6, 6.07) is 14.8. The number of amides is 1. The summed E-state index contributed by atoms with van der Waals surface area (Å²) in [5.41, 5.74) is 2.27. The number of nitrogens with zero attached hydrogens (tertiary/aromatic N) is 1. The summed E-state index contributed by atoms with van der Waals surface area (Å²) in [6.07, 6.45) is -0.235. The van der Waals surface area contributed by atoms with Crippen LogP contribution >= 0.6 is 0 Å². The minimum atomic E-state index is -0.660. The molecule has 0 saturated carbocycles. The van der Waals surface area contributed by atoms with Gasteiger partial charge < -0.3 is 19.6 Å². The predicted molar refractivity (Wildman–Crippen MR) is 90.6 cm³/mol. The molecule has 6 heteroatoms. The lowest BCUT2D eigenvalue weighted by molar-refractivity contribution is -0.125. The largest absolute Gasteiger partial charge is 0.497 e. The first-order valence-corrected chi connectivity index (χ1v) is 7.52. The zero-order valence-corrected chi connectivity index (χ0v) is 13.5. The molecule has 0 aromatic heterocycles. The quantitative estimate of drug-likeness (QED) is 0.917. The normalized spacial score (nSPS) is 16.1. The van der Waals surface area contributed by atoms with Crippen LogP contribution in [0.1, 0.15) is 12.0 Å². The lowest BCUT2D eigenvalue weighted by atomic mass is 10.0. The molecule has 1 aliphatic rings. The Hall–Kier alpha value is -3.02. The zero-order valence-electron chi connectivity index (χ0n) is 13.5. The van der Waals surface area contributed by atoms with Gasteiger partial charge in [-0.3, -0.25) is 4.79 Å². The molecule has 2 aromatic rings. The molecule has 3 rings (SSSR count). The highest BCUT2D eigenvalue weighted by molar-refractivity contribution is 6.06. The van der Waals surface area contributed by atoms with Crippen molar-refractivity contribution in [2.24, 2.45) is 5.16 Å². The fourth-order valence-electron chi connectivity index (χ4n) is 2.43. The van der Waals surface area contributed by atoms with Gasteiger partial charge in [0.1, 0.15) is 11.5 Å². The van der Waals surface area contributed by atoms with Crippen molar-refractivity contribution in [3.8, 4) is 11.5 Å². The summed E-state index contributed by atoms with van der Waals surface area (Å²) < 4.78 is 10.4. The molecule has 1 atom stereocenters. The van der Waals surface area contributed by atoms with Crippen molar-refractivity contribution in [1.29, 1.82) is 0 Å². The number of anilines is 1. The molecule has 2 aromatic carbocycles. The van der Waals surface area contributed by atoms with Crippen molar-refractivity contribution in [3.63, 3.8) is 0 Å². The first-order valence-electron chi connectivity index (χ1n) is 7.52. The van der Waals surface area contributed by atoms with E-state index in [2.05, 4.69) is 10.5 Å². The van der Waals surface area contributed by atoms with Gasteiger partial charge in [-0.1, -0.05) is 35.5 Å². The molecule has 1 heterocycles. The molecule has 6 nitrogen and oxygen atoms in total. The molecule has 0 radical (unpaired) electrons. The van der Waals surface area contributed by atoms with Gasteiger partial charge in [-0.25, -0.2) is 0 Å². The molecule has 0 fully saturated rings. The Morgan fingerprint density at radius 3 is 2.67 bits per heavy atom. The van der Waals surface area contributed by atoms with Crippen molar-refractivity contribution < 1.29 is 19.1 Å². The van der Waals surface area contributed by atoms with Gasteiger partial charge >= 0.3 is 0 Å². The van der Waals surface area contributed by atoms with E-state index in [9.17, 15) is 4.79 Å². The van der Waals surface area contributed by atoms with E-state index >= 15 is 0 Å². The third-order valence-corrected chi connectivity index (χ3v) is 3.73. The van der Waals surface area contributed by atoms with Gasteiger partial charge in [0, 0.05) is 12.5 Å². The van der Waals surface area contributed by atoms with Crippen LogP contribution in [0.2, 0.25) is 0 Å². The molecule has 24 heavy (non-hydrogen) atoms. The molecule has 1 unspecified atom stereocenters. The van der Waals surface area contributed by atoms with E-state index in [1.54, 1.807) is 25.3 Å². The molecule has 0 aliphatic carbocycles. The predicted octanol–water partition coefficient (Wildman–Crippen LogP) is 2.84. The van der Waals surface area contributed by atoms with E-state index in [1.165, 1.54) is 7.11 Å². The van der Waals surface area contributed by atoms with Crippen LogP contribution in [0, 0.1) is 0 Å². The third-order valence-electron chi connectivity index (χ3n) is 3.73. The number of oxime groups is 1. The Morgan fingerprint density at radius 1 is 1.17 bits per heavy atom. The van der Waals surface area contributed by atoms with Gasteiger partial charge in [-0.2, -0.15) is 0 Å².